The standard InChI is InChI=1S/C8H14O4/c1-8(4-12-5-8)6(9)3-7(10)11-2/h6,9H,3-5H2,1-2H3/t6-/m1/s1. The summed E-state index contributed by atoms with van der Waals surface area (Å²) in [5, 5.41) is 9.55. The summed E-state index contributed by atoms with van der Waals surface area (Å²) in [7, 11) is 1.31. The largest absolute Gasteiger partial charge is 0.469 e. The van der Waals surface area contributed by atoms with Gasteiger partial charge in [0.15, 0.2) is 0 Å². The molecule has 0 spiro atoms. The minimum Gasteiger partial charge on any atom is -0.469 e. The summed E-state index contributed by atoms with van der Waals surface area (Å²) in [4.78, 5) is 10.8. The molecule has 12 heavy (non-hydrogen) atoms. The van der Waals surface area contributed by atoms with E-state index in [0.29, 0.717) is 13.2 Å². The quantitative estimate of drug-likeness (QED) is 0.609. The number of aliphatic hydroxyl groups excluding tert-OH is 1. The number of aliphatic hydroxyl groups is 1. The third-order valence-electron chi connectivity index (χ3n) is 2.26. The number of hydrogen-bond donors (Lipinski definition) is 1. The number of methoxy groups -OCH3 is 1. The fourth-order valence-electron chi connectivity index (χ4n) is 1.10. The van der Waals surface area contributed by atoms with Crippen molar-refractivity contribution in [3.8, 4) is 0 Å². The van der Waals surface area contributed by atoms with Crippen molar-refractivity contribution in [3.63, 3.8) is 0 Å². The maximum Gasteiger partial charge on any atom is 0.308 e. The number of rotatable bonds is 3. The molecule has 0 bridgehead atoms. The first-order valence-electron chi connectivity index (χ1n) is 3.91. The van der Waals surface area contributed by atoms with Gasteiger partial charge in [0.2, 0.25) is 0 Å². The Bertz CT molecular complexity index is 174. The number of hydrogen-bond acceptors (Lipinski definition) is 4. The van der Waals surface area contributed by atoms with Crippen LogP contribution in [0.5, 0.6) is 0 Å². The lowest BCUT2D eigenvalue weighted by Gasteiger charge is -2.41. The summed E-state index contributed by atoms with van der Waals surface area (Å²) in [5.74, 6) is -0.379. The highest BCUT2D eigenvalue weighted by molar-refractivity contribution is 5.69. The molecule has 0 unspecified atom stereocenters. The molecule has 1 heterocycles. The second kappa shape index (κ2) is 3.41. The molecule has 1 N–H and O–H groups in total. The van der Waals surface area contributed by atoms with E-state index in [1.54, 1.807) is 0 Å². The zero-order valence-corrected chi connectivity index (χ0v) is 7.37. The minimum atomic E-state index is -0.654. The summed E-state index contributed by atoms with van der Waals surface area (Å²) in [6.07, 6.45) is -0.602. The van der Waals surface area contributed by atoms with Crippen molar-refractivity contribution in [1.82, 2.24) is 0 Å². The number of ether oxygens (including phenoxy) is 2. The van der Waals surface area contributed by atoms with Crippen molar-refractivity contribution in [2.75, 3.05) is 20.3 Å². The van der Waals surface area contributed by atoms with Crippen LogP contribution in [-0.4, -0.2) is 37.5 Å². The smallest absolute Gasteiger partial charge is 0.308 e. The van der Waals surface area contributed by atoms with Gasteiger partial charge in [0, 0.05) is 5.41 Å². The van der Waals surface area contributed by atoms with E-state index in [4.69, 9.17) is 4.74 Å². The molecule has 4 nitrogen and oxygen atoms in total. The SMILES string of the molecule is COC(=O)C[C@@H](O)C1(C)COC1. The maximum absolute atomic E-state index is 10.8. The van der Waals surface area contributed by atoms with Crippen molar-refractivity contribution < 1.29 is 19.4 Å². The van der Waals surface area contributed by atoms with Crippen LogP contribution >= 0.6 is 0 Å². The molecular formula is C8H14O4. The Kier molecular flexibility index (Phi) is 2.69. The topological polar surface area (TPSA) is 55.8 Å². The van der Waals surface area contributed by atoms with Gasteiger partial charge in [0.25, 0.3) is 0 Å². The fraction of sp³-hybridized carbons (Fsp3) is 0.875. The maximum atomic E-state index is 10.8. The fourth-order valence-corrected chi connectivity index (χ4v) is 1.10. The lowest BCUT2D eigenvalue weighted by Crippen LogP contribution is -2.49. The predicted molar refractivity (Wildman–Crippen MR) is 41.6 cm³/mol. The van der Waals surface area contributed by atoms with E-state index < -0.39 is 6.10 Å². The van der Waals surface area contributed by atoms with Gasteiger partial charge in [0.05, 0.1) is 32.8 Å². The summed E-state index contributed by atoms with van der Waals surface area (Å²) in [6.45, 7) is 2.93. The van der Waals surface area contributed by atoms with Crippen molar-refractivity contribution in [2.45, 2.75) is 19.4 Å². The van der Waals surface area contributed by atoms with Crippen molar-refractivity contribution in [1.29, 1.82) is 0 Å². The molecule has 0 radical (unpaired) electrons. The molecule has 0 aromatic heterocycles. The van der Waals surface area contributed by atoms with E-state index >= 15 is 0 Å². The van der Waals surface area contributed by atoms with E-state index in [-0.39, 0.29) is 17.8 Å². The van der Waals surface area contributed by atoms with Gasteiger partial charge in [-0.25, -0.2) is 0 Å². The van der Waals surface area contributed by atoms with Crippen molar-refractivity contribution >= 4 is 5.97 Å². The van der Waals surface area contributed by atoms with Gasteiger partial charge in [-0.05, 0) is 0 Å². The highest BCUT2D eigenvalue weighted by Crippen LogP contribution is 2.32. The van der Waals surface area contributed by atoms with Crippen molar-refractivity contribution in [3.05, 3.63) is 0 Å². The molecule has 1 aliphatic rings. The molecule has 0 aliphatic carbocycles. The summed E-state index contributed by atoms with van der Waals surface area (Å²) in [5.41, 5.74) is -0.256. The number of carbonyl (C=O) groups excluding carboxylic acids is 1. The number of carbonyl (C=O) groups is 1. The normalized spacial score (nSPS) is 22.6. The molecule has 0 aromatic carbocycles. The Morgan fingerprint density at radius 2 is 2.33 bits per heavy atom. The second-order valence-corrected chi connectivity index (χ2v) is 3.44. The highest BCUT2D eigenvalue weighted by atomic mass is 16.5. The predicted octanol–water partition coefficient (Wildman–Crippen LogP) is -0.0531. The van der Waals surface area contributed by atoms with Crippen LogP contribution in [0.4, 0.5) is 0 Å². The highest BCUT2D eigenvalue weighted by Gasteiger charge is 2.41. The summed E-state index contributed by atoms with van der Waals surface area (Å²) in [6, 6.07) is 0. The van der Waals surface area contributed by atoms with Gasteiger partial charge in [-0.3, -0.25) is 4.79 Å². The first kappa shape index (κ1) is 9.48. The van der Waals surface area contributed by atoms with Crippen LogP contribution in [0.15, 0.2) is 0 Å². The van der Waals surface area contributed by atoms with Gasteiger partial charge in [0.1, 0.15) is 0 Å². The van der Waals surface area contributed by atoms with Crippen LogP contribution in [0, 0.1) is 5.41 Å². The van der Waals surface area contributed by atoms with E-state index in [1.165, 1.54) is 7.11 Å². The van der Waals surface area contributed by atoms with Gasteiger partial charge in [-0.2, -0.15) is 0 Å². The van der Waals surface area contributed by atoms with Gasteiger partial charge < -0.3 is 14.6 Å². The zero-order chi connectivity index (χ0) is 9.19. The summed E-state index contributed by atoms with van der Waals surface area (Å²) < 4.78 is 9.41. The van der Waals surface area contributed by atoms with Crippen LogP contribution in [0.1, 0.15) is 13.3 Å². The minimum absolute atomic E-state index is 0.0519. The number of esters is 1. The van der Waals surface area contributed by atoms with E-state index in [1.807, 2.05) is 6.92 Å². The molecule has 1 saturated heterocycles. The molecule has 0 aromatic rings. The zero-order valence-electron chi connectivity index (χ0n) is 7.37. The Labute approximate surface area is 71.5 Å². The molecule has 1 rings (SSSR count). The summed E-state index contributed by atoms with van der Waals surface area (Å²) >= 11 is 0. The van der Waals surface area contributed by atoms with Gasteiger partial charge in [-0.15, -0.1) is 0 Å². The molecule has 0 saturated carbocycles. The average molecular weight is 174 g/mol. The molecule has 0 amide bonds. The molecule has 1 fully saturated rings. The first-order chi connectivity index (χ1) is 5.58. The monoisotopic (exact) mass is 174 g/mol. The Morgan fingerprint density at radius 3 is 2.67 bits per heavy atom. The van der Waals surface area contributed by atoms with Crippen LogP contribution in [0.25, 0.3) is 0 Å². The second-order valence-electron chi connectivity index (χ2n) is 3.44. The molecule has 1 atom stereocenters. The van der Waals surface area contributed by atoms with Crippen LogP contribution < -0.4 is 0 Å². The Balaban J connectivity index is 2.37. The van der Waals surface area contributed by atoms with Crippen molar-refractivity contribution in [2.24, 2.45) is 5.41 Å². The lowest BCUT2D eigenvalue weighted by molar-refractivity contribution is -0.172. The lowest BCUT2D eigenvalue weighted by atomic mass is 9.81. The van der Waals surface area contributed by atoms with E-state index in [9.17, 15) is 9.90 Å². The van der Waals surface area contributed by atoms with Gasteiger partial charge in [-0.1, -0.05) is 6.92 Å². The van der Waals surface area contributed by atoms with E-state index in [2.05, 4.69) is 4.74 Å². The van der Waals surface area contributed by atoms with Crippen LogP contribution in [-0.2, 0) is 14.3 Å². The molecular weight excluding hydrogens is 160 g/mol. The third-order valence-corrected chi connectivity index (χ3v) is 2.26. The first-order valence-corrected chi connectivity index (χ1v) is 3.91. The van der Waals surface area contributed by atoms with E-state index in [0.717, 1.165) is 0 Å². The average Bonchev–Trinajstić information content (AvgIpc) is 1.99. The molecule has 1 aliphatic heterocycles. The third kappa shape index (κ3) is 1.76. The van der Waals surface area contributed by atoms with Crippen LogP contribution in [0.2, 0.25) is 0 Å². The van der Waals surface area contributed by atoms with Gasteiger partial charge >= 0.3 is 5.97 Å². The Morgan fingerprint density at radius 1 is 1.75 bits per heavy atom. The molecule has 70 valence electrons. The molecule has 4 heteroatoms. The Hall–Kier alpha value is -0.610. The van der Waals surface area contributed by atoms with Crippen LogP contribution in [0.3, 0.4) is 0 Å².